The van der Waals surface area contributed by atoms with E-state index in [9.17, 15) is 31.1 Å². The highest BCUT2D eigenvalue weighted by Crippen LogP contribution is 2.29. The molecule has 34 heavy (non-hydrogen) atoms. The van der Waals surface area contributed by atoms with Gasteiger partial charge in [0.05, 0.1) is 23.7 Å². The minimum absolute atomic E-state index is 0.0960. The summed E-state index contributed by atoms with van der Waals surface area (Å²) in [7, 11) is 1.19. The molecule has 15 heteroatoms. The van der Waals surface area contributed by atoms with Crippen LogP contribution in [0.25, 0.3) is 0 Å². The number of hydrogen-bond acceptors (Lipinski definition) is 8. The molecule has 9 nitrogen and oxygen atoms in total. The number of aryl methyl sites for hydroxylation is 1. The lowest BCUT2D eigenvalue weighted by Gasteiger charge is -2.30. The van der Waals surface area contributed by atoms with Gasteiger partial charge in [-0.25, -0.2) is 15.0 Å². The van der Waals surface area contributed by atoms with Crippen LogP contribution in [0.2, 0.25) is 0 Å². The molecule has 0 saturated heterocycles. The standard InChI is InChI=1S/C19H20F6N8O/c1-11-3-4-14(33-6-5-29-31-33)15(30-11)16(34)32(2)13(7-18(20,21)22)10-28-17-26-8-12(9-27-17)19(23,24)25/h3-6,8-9,13,29,31H,7,10H2,1-2H3,(H,26,27,28)/t13-/m0/s1. The smallest absolute Gasteiger partial charge is 0.352 e. The second kappa shape index (κ2) is 9.70. The summed E-state index contributed by atoms with van der Waals surface area (Å²) in [5.74, 6) is -1.10. The third kappa shape index (κ3) is 6.24. The lowest BCUT2D eigenvalue weighted by Crippen LogP contribution is -2.45. The van der Waals surface area contributed by atoms with Gasteiger partial charge in [0.15, 0.2) is 5.69 Å². The first-order valence-corrected chi connectivity index (χ1v) is 9.77. The molecule has 0 bridgehead atoms. The Kier molecular flexibility index (Phi) is 7.14. The molecule has 1 atom stereocenters. The van der Waals surface area contributed by atoms with Gasteiger partial charge in [-0.15, -0.1) is 5.53 Å². The number of hydrogen-bond donors (Lipinski definition) is 3. The van der Waals surface area contributed by atoms with Gasteiger partial charge in [0.2, 0.25) is 5.95 Å². The second-order valence-corrected chi connectivity index (χ2v) is 7.33. The van der Waals surface area contributed by atoms with Crippen LogP contribution in [0.1, 0.15) is 28.2 Å². The zero-order valence-corrected chi connectivity index (χ0v) is 17.9. The van der Waals surface area contributed by atoms with E-state index in [1.807, 2.05) is 0 Å². The van der Waals surface area contributed by atoms with Crippen molar-refractivity contribution >= 4 is 17.5 Å². The normalized spacial score (nSPS) is 14.6. The van der Waals surface area contributed by atoms with Crippen LogP contribution < -0.4 is 21.3 Å². The second-order valence-electron chi connectivity index (χ2n) is 7.33. The molecular weight excluding hydrogens is 470 g/mol. The fourth-order valence-electron chi connectivity index (χ4n) is 3.02. The maximum Gasteiger partial charge on any atom is 0.419 e. The van der Waals surface area contributed by atoms with E-state index in [1.165, 1.54) is 18.3 Å². The lowest BCUT2D eigenvalue weighted by atomic mass is 10.1. The number of carbonyl (C=O) groups excluding carboxylic acids is 1. The zero-order chi connectivity index (χ0) is 25.1. The Morgan fingerprint density at radius 2 is 1.85 bits per heavy atom. The Bertz CT molecular complexity index is 1040. The van der Waals surface area contributed by atoms with Crippen molar-refractivity contribution in [3.63, 3.8) is 0 Å². The minimum atomic E-state index is -4.66. The van der Waals surface area contributed by atoms with E-state index in [2.05, 4.69) is 31.2 Å². The number of likely N-dealkylation sites (N-methyl/N-ethyl adjacent to an activating group) is 1. The number of pyridine rings is 1. The first kappa shape index (κ1) is 25.0. The fraction of sp³-hybridized carbons (Fsp3) is 0.368. The molecule has 1 amide bonds. The van der Waals surface area contributed by atoms with Crippen LogP contribution in [0.3, 0.4) is 0 Å². The first-order chi connectivity index (χ1) is 15.8. The zero-order valence-electron chi connectivity index (χ0n) is 17.9. The molecule has 0 aliphatic carbocycles. The minimum Gasteiger partial charge on any atom is -0.352 e. The first-order valence-electron chi connectivity index (χ1n) is 9.77. The maximum atomic E-state index is 13.3. The van der Waals surface area contributed by atoms with E-state index in [-0.39, 0.29) is 11.6 Å². The number of anilines is 2. The van der Waals surface area contributed by atoms with Crippen molar-refractivity contribution in [3.8, 4) is 0 Å². The van der Waals surface area contributed by atoms with Gasteiger partial charge >= 0.3 is 12.4 Å². The molecule has 0 spiro atoms. The van der Waals surface area contributed by atoms with Gasteiger partial charge in [-0.3, -0.25) is 9.80 Å². The number of alkyl halides is 6. The summed E-state index contributed by atoms with van der Waals surface area (Å²) < 4.78 is 77.7. The van der Waals surface area contributed by atoms with Gasteiger partial charge in [-0.2, -0.15) is 26.3 Å². The Morgan fingerprint density at radius 1 is 1.18 bits per heavy atom. The largest absolute Gasteiger partial charge is 0.419 e. The van der Waals surface area contributed by atoms with Crippen molar-refractivity contribution in [2.45, 2.75) is 31.7 Å². The molecule has 3 rings (SSSR count). The van der Waals surface area contributed by atoms with Crippen molar-refractivity contribution in [2.75, 3.05) is 23.9 Å². The molecule has 0 fully saturated rings. The summed E-state index contributed by atoms with van der Waals surface area (Å²) in [5, 5.41) is 3.90. The molecule has 3 N–H and O–H groups in total. The Labute approximate surface area is 189 Å². The highest BCUT2D eigenvalue weighted by molar-refractivity contribution is 5.98. The molecule has 1 aliphatic rings. The summed E-state index contributed by atoms with van der Waals surface area (Å²) in [4.78, 5) is 25.2. The summed E-state index contributed by atoms with van der Waals surface area (Å²) >= 11 is 0. The molecule has 2 aromatic rings. The SMILES string of the molecule is Cc1ccc(N2C=CNN2)c(C(=O)N(C)[C@H](CNc2ncc(C(F)(F)F)cn2)CC(F)(F)F)n1. The maximum absolute atomic E-state index is 13.3. The fourth-order valence-corrected chi connectivity index (χ4v) is 3.02. The van der Waals surface area contributed by atoms with Crippen molar-refractivity contribution in [2.24, 2.45) is 0 Å². The van der Waals surface area contributed by atoms with Gasteiger partial charge in [0.1, 0.15) is 0 Å². The van der Waals surface area contributed by atoms with Gasteiger partial charge in [-0.05, 0) is 19.1 Å². The highest BCUT2D eigenvalue weighted by atomic mass is 19.4. The summed E-state index contributed by atoms with van der Waals surface area (Å²) in [6.07, 6.45) is -6.55. The van der Waals surface area contributed by atoms with Gasteiger partial charge in [-0.1, -0.05) is 0 Å². The molecule has 0 unspecified atom stereocenters. The molecular formula is C19H20F6N8O. The van der Waals surface area contributed by atoms with Crippen LogP contribution in [0.5, 0.6) is 0 Å². The summed E-state index contributed by atoms with van der Waals surface area (Å²) in [6, 6.07) is 1.78. The van der Waals surface area contributed by atoms with Crippen molar-refractivity contribution in [1.29, 1.82) is 0 Å². The van der Waals surface area contributed by atoms with E-state index in [0.717, 1.165) is 4.90 Å². The molecule has 0 saturated carbocycles. The number of hydrazine groups is 2. The van der Waals surface area contributed by atoms with Crippen molar-refractivity contribution in [3.05, 3.63) is 53.9 Å². The lowest BCUT2D eigenvalue weighted by molar-refractivity contribution is -0.143. The molecule has 0 radical (unpaired) electrons. The number of nitrogens with one attached hydrogen (secondary N) is 3. The average molecular weight is 490 g/mol. The molecule has 3 heterocycles. The number of halogens is 6. The van der Waals surface area contributed by atoms with Crippen LogP contribution in [0.4, 0.5) is 38.0 Å². The van der Waals surface area contributed by atoms with Crippen LogP contribution in [-0.4, -0.2) is 51.6 Å². The number of amides is 1. The quantitative estimate of drug-likeness (QED) is 0.510. The van der Waals surface area contributed by atoms with E-state index in [4.69, 9.17) is 0 Å². The number of carbonyl (C=O) groups is 1. The van der Waals surface area contributed by atoms with Crippen molar-refractivity contribution < 1.29 is 31.1 Å². The van der Waals surface area contributed by atoms with Crippen LogP contribution in [0, 0.1) is 6.92 Å². The monoisotopic (exact) mass is 490 g/mol. The Morgan fingerprint density at radius 3 is 2.41 bits per heavy atom. The van der Waals surface area contributed by atoms with E-state index in [1.54, 1.807) is 25.3 Å². The van der Waals surface area contributed by atoms with Crippen molar-refractivity contribution in [1.82, 2.24) is 30.8 Å². The van der Waals surface area contributed by atoms with Crippen LogP contribution in [0.15, 0.2) is 36.9 Å². The number of aromatic nitrogens is 3. The van der Waals surface area contributed by atoms with E-state index >= 15 is 0 Å². The predicted molar refractivity (Wildman–Crippen MR) is 109 cm³/mol. The molecule has 184 valence electrons. The number of rotatable bonds is 7. The van der Waals surface area contributed by atoms with Gasteiger partial charge < -0.3 is 15.6 Å². The third-order valence-corrected chi connectivity index (χ3v) is 4.78. The summed E-state index contributed by atoms with van der Waals surface area (Å²) in [6.45, 7) is 1.15. The van der Waals surface area contributed by atoms with E-state index < -0.39 is 42.8 Å². The highest BCUT2D eigenvalue weighted by Gasteiger charge is 2.37. The Hall–Kier alpha value is -3.62. The van der Waals surface area contributed by atoms with Crippen LogP contribution in [-0.2, 0) is 6.18 Å². The third-order valence-electron chi connectivity index (χ3n) is 4.78. The van der Waals surface area contributed by atoms with E-state index in [0.29, 0.717) is 23.8 Å². The van der Waals surface area contributed by atoms with Crippen LogP contribution >= 0.6 is 0 Å². The average Bonchev–Trinajstić information content (AvgIpc) is 3.29. The van der Waals surface area contributed by atoms with Gasteiger partial charge in [0, 0.05) is 44.1 Å². The Balaban J connectivity index is 1.81. The molecule has 1 aliphatic heterocycles. The topological polar surface area (TPSA) is 98.3 Å². The predicted octanol–water partition coefficient (Wildman–Crippen LogP) is 3.00. The van der Waals surface area contributed by atoms with Gasteiger partial charge in [0.25, 0.3) is 5.91 Å². The number of nitrogens with zero attached hydrogens (tertiary/aromatic N) is 5. The molecule has 2 aromatic heterocycles. The summed E-state index contributed by atoms with van der Waals surface area (Å²) in [5.41, 5.74) is 4.99. The molecule has 0 aromatic carbocycles.